The highest BCUT2D eigenvalue weighted by molar-refractivity contribution is 5.72. The van der Waals surface area contributed by atoms with E-state index in [0.717, 1.165) is 0 Å². The van der Waals surface area contributed by atoms with Gasteiger partial charge in [-0.2, -0.15) is 0 Å². The number of esters is 2. The molecule has 0 aromatic heterocycles. The average Bonchev–Trinajstić information content (AvgIpc) is 2.18. The van der Waals surface area contributed by atoms with Crippen LogP contribution in [0.5, 0.6) is 0 Å². The highest BCUT2D eigenvalue weighted by Crippen LogP contribution is 2.15. The number of rotatable bonds is 3. The van der Waals surface area contributed by atoms with Crippen LogP contribution in [-0.4, -0.2) is 31.9 Å². The molecule has 1 aliphatic heterocycles. The predicted molar refractivity (Wildman–Crippen MR) is 46.3 cm³/mol. The summed E-state index contributed by atoms with van der Waals surface area (Å²) in [6, 6.07) is 0. The van der Waals surface area contributed by atoms with Gasteiger partial charge in [0.25, 0.3) is 0 Å². The molecule has 0 radical (unpaired) electrons. The number of hydrogen-bond acceptors (Lipinski definition) is 5. The number of carbonyl (C=O) groups excluding carboxylic acids is 2. The molecule has 1 fully saturated rings. The minimum absolute atomic E-state index is 0.112. The molecule has 1 aliphatic rings. The Balaban J connectivity index is 2.16. The third kappa shape index (κ3) is 3.74. The van der Waals surface area contributed by atoms with E-state index < -0.39 is 5.97 Å². The molecule has 0 saturated carbocycles. The minimum atomic E-state index is -0.454. The van der Waals surface area contributed by atoms with Gasteiger partial charge >= 0.3 is 11.9 Å². The van der Waals surface area contributed by atoms with E-state index in [2.05, 4.69) is 4.74 Å². The Labute approximate surface area is 82.3 Å². The molecule has 14 heavy (non-hydrogen) atoms. The van der Waals surface area contributed by atoms with Crippen LogP contribution in [0, 0.1) is 5.92 Å². The number of hydrogen-bond donors (Lipinski definition) is 0. The zero-order valence-electron chi connectivity index (χ0n) is 8.15. The molecular formula is C9H14O5. The van der Waals surface area contributed by atoms with Crippen molar-refractivity contribution in [2.24, 2.45) is 5.92 Å². The van der Waals surface area contributed by atoms with Crippen molar-refractivity contribution in [3.05, 3.63) is 0 Å². The minimum Gasteiger partial charge on any atom is -0.428 e. The Morgan fingerprint density at radius 1 is 1.29 bits per heavy atom. The first-order valence-electron chi connectivity index (χ1n) is 4.58. The standard InChI is InChI=1S/C9H14O5/c1-7(10)13-6-14-9(11)8-2-4-12-5-3-8/h8H,2-6H2,1H3. The Kier molecular flexibility index (Phi) is 4.39. The zero-order valence-corrected chi connectivity index (χ0v) is 8.15. The van der Waals surface area contributed by atoms with Gasteiger partial charge in [0.2, 0.25) is 6.79 Å². The first kappa shape index (κ1) is 11.0. The van der Waals surface area contributed by atoms with Crippen LogP contribution in [0.2, 0.25) is 0 Å². The molecule has 5 heteroatoms. The maximum atomic E-state index is 11.3. The van der Waals surface area contributed by atoms with Gasteiger partial charge in [0.05, 0.1) is 5.92 Å². The van der Waals surface area contributed by atoms with Gasteiger partial charge in [0.15, 0.2) is 0 Å². The lowest BCUT2D eigenvalue weighted by Crippen LogP contribution is -2.26. The quantitative estimate of drug-likeness (QED) is 0.492. The summed E-state index contributed by atoms with van der Waals surface area (Å²) in [5.74, 6) is -0.876. The van der Waals surface area contributed by atoms with Crippen molar-refractivity contribution in [2.45, 2.75) is 19.8 Å². The zero-order chi connectivity index (χ0) is 10.4. The van der Waals surface area contributed by atoms with Gasteiger partial charge in [-0.3, -0.25) is 9.59 Å². The second-order valence-electron chi connectivity index (χ2n) is 3.10. The van der Waals surface area contributed by atoms with Crippen molar-refractivity contribution in [1.82, 2.24) is 0 Å². The molecule has 0 spiro atoms. The molecule has 0 bridgehead atoms. The van der Waals surface area contributed by atoms with Gasteiger partial charge in [0.1, 0.15) is 0 Å². The topological polar surface area (TPSA) is 61.8 Å². The molecule has 0 aromatic carbocycles. The summed E-state index contributed by atoms with van der Waals surface area (Å²) in [5, 5.41) is 0. The van der Waals surface area contributed by atoms with Crippen LogP contribution in [0.25, 0.3) is 0 Å². The second-order valence-corrected chi connectivity index (χ2v) is 3.10. The first-order chi connectivity index (χ1) is 6.70. The van der Waals surface area contributed by atoms with E-state index in [4.69, 9.17) is 9.47 Å². The molecule has 0 amide bonds. The summed E-state index contributed by atoms with van der Waals surface area (Å²) in [5.41, 5.74) is 0. The van der Waals surface area contributed by atoms with Crippen LogP contribution in [-0.2, 0) is 23.8 Å². The fourth-order valence-electron chi connectivity index (χ4n) is 1.22. The summed E-state index contributed by atoms with van der Waals surface area (Å²) < 4.78 is 14.3. The van der Waals surface area contributed by atoms with E-state index in [1.54, 1.807) is 0 Å². The largest absolute Gasteiger partial charge is 0.428 e. The van der Waals surface area contributed by atoms with Gasteiger partial charge in [0, 0.05) is 20.1 Å². The van der Waals surface area contributed by atoms with Gasteiger partial charge in [-0.05, 0) is 12.8 Å². The maximum absolute atomic E-state index is 11.3. The van der Waals surface area contributed by atoms with Gasteiger partial charge in [-0.25, -0.2) is 0 Å². The van der Waals surface area contributed by atoms with Crippen molar-refractivity contribution in [3.63, 3.8) is 0 Å². The number of ether oxygens (including phenoxy) is 3. The van der Waals surface area contributed by atoms with Crippen molar-refractivity contribution >= 4 is 11.9 Å². The Bertz CT molecular complexity index is 207. The molecule has 1 rings (SSSR count). The summed E-state index contributed by atoms with van der Waals surface area (Å²) in [4.78, 5) is 21.7. The Morgan fingerprint density at radius 2 is 1.93 bits per heavy atom. The van der Waals surface area contributed by atoms with Crippen molar-refractivity contribution in [2.75, 3.05) is 20.0 Å². The molecule has 0 unspecified atom stereocenters. The normalized spacial score (nSPS) is 17.5. The molecular weight excluding hydrogens is 188 g/mol. The molecule has 1 heterocycles. The monoisotopic (exact) mass is 202 g/mol. The lowest BCUT2D eigenvalue weighted by Gasteiger charge is -2.20. The van der Waals surface area contributed by atoms with Crippen LogP contribution >= 0.6 is 0 Å². The van der Waals surface area contributed by atoms with Gasteiger partial charge in [-0.15, -0.1) is 0 Å². The first-order valence-corrected chi connectivity index (χ1v) is 4.58. The number of carbonyl (C=O) groups is 2. The third-order valence-electron chi connectivity index (χ3n) is 2.02. The highest BCUT2D eigenvalue weighted by atomic mass is 16.7. The van der Waals surface area contributed by atoms with Crippen molar-refractivity contribution in [3.8, 4) is 0 Å². The molecule has 0 atom stereocenters. The van der Waals surface area contributed by atoms with E-state index in [-0.39, 0.29) is 18.7 Å². The summed E-state index contributed by atoms with van der Waals surface area (Å²) in [6.07, 6.45) is 1.36. The smallest absolute Gasteiger partial charge is 0.311 e. The van der Waals surface area contributed by atoms with E-state index >= 15 is 0 Å². The molecule has 0 aliphatic carbocycles. The van der Waals surface area contributed by atoms with Gasteiger partial charge in [-0.1, -0.05) is 0 Å². The molecule has 5 nitrogen and oxygen atoms in total. The van der Waals surface area contributed by atoms with Gasteiger partial charge < -0.3 is 14.2 Å². The molecule has 80 valence electrons. The SMILES string of the molecule is CC(=O)OCOC(=O)C1CCOCC1. The van der Waals surface area contributed by atoms with Crippen LogP contribution < -0.4 is 0 Å². The van der Waals surface area contributed by atoms with Crippen LogP contribution in [0.3, 0.4) is 0 Å². The summed E-state index contributed by atoms with van der Waals surface area (Å²) in [6.45, 7) is 2.16. The lowest BCUT2D eigenvalue weighted by atomic mass is 10.0. The van der Waals surface area contributed by atoms with Crippen molar-refractivity contribution in [1.29, 1.82) is 0 Å². The van der Waals surface area contributed by atoms with Crippen LogP contribution in [0.15, 0.2) is 0 Å². The molecule has 0 aromatic rings. The van der Waals surface area contributed by atoms with Crippen LogP contribution in [0.4, 0.5) is 0 Å². The highest BCUT2D eigenvalue weighted by Gasteiger charge is 2.22. The predicted octanol–water partition coefficient (Wildman–Crippen LogP) is 0.477. The van der Waals surface area contributed by atoms with Crippen molar-refractivity contribution < 1.29 is 23.8 Å². The summed E-state index contributed by atoms with van der Waals surface area (Å²) in [7, 11) is 0. The van der Waals surface area contributed by atoms with E-state index in [0.29, 0.717) is 26.1 Å². The Hall–Kier alpha value is -1.10. The fraction of sp³-hybridized carbons (Fsp3) is 0.778. The van der Waals surface area contributed by atoms with E-state index in [1.165, 1.54) is 6.92 Å². The Morgan fingerprint density at radius 3 is 2.50 bits per heavy atom. The molecule has 0 N–H and O–H groups in total. The average molecular weight is 202 g/mol. The van der Waals surface area contributed by atoms with E-state index in [1.807, 2.05) is 0 Å². The third-order valence-corrected chi connectivity index (χ3v) is 2.02. The lowest BCUT2D eigenvalue weighted by molar-refractivity contribution is -0.170. The summed E-state index contributed by atoms with van der Waals surface area (Å²) >= 11 is 0. The van der Waals surface area contributed by atoms with Crippen LogP contribution in [0.1, 0.15) is 19.8 Å². The fourth-order valence-corrected chi connectivity index (χ4v) is 1.22. The second kappa shape index (κ2) is 5.59. The maximum Gasteiger partial charge on any atom is 0.311 e. The van der Waals surface area contributed by atoms with E-state index in [9.17, 15) is 9.59 Å². The molecule has 1 saturated heterocycles.